The third kappa shape index (κ3) is 8.35. The normalized spacial score (nSPS) is 26.7. The molecular weight excluding hydrogens is 773 g/mol. The number of hydrogen-bond acceptors (Lipinski definition) is 7. The smallest absolute Gasteiger partial charge is 0.305 e. The molecule has 1 unspecified atom stereocenters. The van der Waals surface area contributed by atoms with E-state index in [0.717, 1.165) is 10.4 Å². The highest BCUT2D eigenvalue weighted by molar-refractivity contribution is 7.00. The van der Waals surface area contributed by atoms with E-state index in [1.54, 1.807) is 7.11 Å². The van der Waals surface area contributed by atoms with Gasteiger partial charge in [-0.1, -0.05) is 169 Å². The molecule has 3 heterocycles. The van der Waals surface area contributed by atoms with E-state index in [1.165, 1.54) is 10.4 Å². The van der Waals surface area contributed by atoms with Gasteiger partial charge in [-0.25, -0.2) is 0 Å². The van der Waals surface area contributed by atoms with Crippen LogP contribution in [0.1, 0.15) is 67.2 Å². The summed E-state index contributed by atoms with van der Waals surface area (Å²) in [6.45, 7) is 17.8. The van der Waals surface area contributed by atoms with Gasteiger partial charge in [0.15, 0.2) is 0 Å². The van der Waals surface area contributed by atoms with Crippen molar-refractivity contribution in [1.29, 1.82) is 0 Å². The lowest BCUT2D eigenvalue weighted by Gasteiger charge is -2.53. The molecule has 8 nitrogen and oxygen atoms in total. The Labute approximate surface area is 353 Å². The molecular formula is C49H62O8Si2. The van der Waals surface area contributed by atoms with E-state index >= 15 is 0 Å². The Morgan fingerprint density at radius 3 is 1.49 bits per heavy atom. The van der Waals surface area contributed by atoms with E-state index < -0.39 is 65.3 Å². The molecule has 3 aliphatic heterocycles. The van der Waals surface area contributed by atoms with Crippen molar-refractivity contribution in [1.82, 2.24) is 0 Å². The summed E-state index contributed by atoms with van der Waals surface area (Å²) in [7, 11) is -4.64. The van der Waals surface area contributed by atoms with Crippen molar-refractivity contribution in [2.75, 3.05) is 7.11 Å². The molecule has 3 fully saturated rings. The van der Waals surface area contributed by atoms with Crippen LogP contribution in [0.15, 0.2) is 134 Å². The summed E-state index contributed by atoms with van der Waals surface area (Å²) in [4.78, 5) is 12.1. The lowest BCUT2D eigenvalue weighted by molar-refractivity contribution is -0.255. The third-order valence-electron chi connectivity index (χ3n) is 12.7. The molecule has 10 heteroatoms. The van der Waals surface area contributed by atoms with Gasteiger partial charge in [0.2, 0.25) is 0 Å². The average Bonchev–Trinajstić information content (AvgIpc) is 3.56. The van der Waals surface area contributed by atoms with Crippen LogP contribution in [0.25, 0.3) is 0 Å². The Morgan fingerprint density at radius 2 is 1.10 bits per heavy atom. The van der Waals surface area contributed by atoms with Crippen LogP contribution in [0.2, 0.25) is 10.1 Å². The van der Waals surface area contributed by atoms with Crippen LogP contribution >= 0.6 is 0 Å². The molecule has 0 aliphatic carbocycles. The predicted molar refractivity (Wildman–Crippen MR) is 238 cm³/mol. The summed E-state index contributed by atoms with van der Waals surface area (Å²) >= 11 is 0. The van der Waals surface area contributed by atoms with Gasteiger partial charge >= 0.3 is 5.97 Å². The van der Waals surface area contributed by atoms with Crippen molar-refractivity contribution >= 4 is 43.4 Å². The maximum atomic E-state index is 12.1. The summed E-state index contributed by atoms with van der Waals surface area (Å²) in [5, 5.41) is 13.9. The van der Waals surface area contributed by atoms with Gasteiger partial charge in [-0.15, -0.1) is 6.58 Å². The molecule has 0 amide bonds. The molecule has 4 aromatic carbocycles. The van der Waals surface area contributed by atoms with E-state index in [-0.39, 0.29) is 28.7 Å². The molecule has 3 aliphatic rings. The summed E-state index contributed by atoms with van der Waals surface area (Å²) < 4.78 is 43.6. The third-order valence-corrected chi connectivity index (χ3v) is 22.8. The number of carboxylic acid groups (broad SMARTS) is 1. The first-order valence-electron chi connectivity index (χ1n) is 21.1. The zero-order valence-corrected chi connectivity index (χ0v) is 37.7. The van der Waals surface area contributed by atoms with Crippen LogP contribution < -0.4 is 20.7 Å². The number of aliphatic carboxylic acids is 1. The molecule has 0 aromatic heterocycles. The van der Waals surface area contributed by atoms with Crippen LogP contribution in [-0.2, 0) is 32.6 Å². The maximum Gasteiger partial charge on any atom is 0.305 e. The molecule has 59 heavy (non-hydrogen) atoms. The minimum Gasteiger partial charge on any atom is -0.481 e. The highest BCUT2D eigenvalue weighted by Gasteiger charge is 2.64. The van der Waals surface area contributed by atoms with Gasteiger partial charge in [-0.3, -0.25) is 4.79 Å². The molecule has 7 rings (SSSR count). The fraction of sp³-hybridized carbons (Fsp3) is 0.449. The zero-order valence-electron chi connectivity index (χ0n) is 35.7. The highest BCUT2D eigenvalue weighted by atomic mass is 28.4. The molecule has 0 spiro atoms. The molecule has 0 radical (unpaired) electrons. The predicted octanol–water partition coefficient (Wildman–Crippen LogP) is 7.03. The number of carbonyl (C=O) groups is 1. The topological polar surface area (TPSA) is 92.7 Å². The molecule has 0 bridgehead atoms. The summed E-state index contributed by atoms with van der Waals surface area (Å²) in [5.74, 6) is -0.890. The Morgan fingerprint density at radius 1 is 0.678 bits per heavy atom. The van der Waals surface area contributed by atoms with E-state index in [1.807, 2.05) is 18.2 Å². The minimum atomic E-state index is -3.20. The number of benzene rings is 4. The SMILES string of the molecule is C=CC(C[C@H]1O[C@H]2[C@@H](O[Si](c3ccccc3)(c3ccccc3)C(C)(C)C)[C@H]3O[C@@H](CC(=O)O)CC[C@@H]3O[C@H]2[C@H]1O[Si](c1ccccc1)(c1ccccc1)C(C)(C)C)OC. The van der Waals surface area contributed by atoms with Crippen molar-refractivity contribution in [2.24, 2.45) is 0 Å². The molecule has 3 saturated heterocycles. The van der Waals surface area contributed by atoms with Gasteiger partial charge in [0.1, 0.15) is 30.5 Å². The molecule has 4 aromatic rings. The maximum absolute atomic E-state index is 12.1. The summed E-state index contributed by atoms with van der Waals surface area (Å²) in [6.07, 6.45) is -1.12. The minimum absolute atomic E-state index is 0.0961. The van der Waals surface area contributed by atoms with Crippen molar-refractivity contribution in [3.8, 4) is 0 Å². The van der Waals surface area contributed by atoms with Crippen LogP contribution in [-0.4, -0.2) is 89.8 Å². The fourth-order valence-corrected chi connectivity index (χ4v) is 19.4. The number of ether oxygens (including phenoxy) is 4. The van der Waals surface area contributed by atoms with Crippen molar-refractivity contribution in [3.05, 3.63) is 134 Å². The van der Waals surface area contributed by atoms with Crippen LogP contribution in [0.4, 0.5) is 0 Å². The zero-order chi connectivity index (χ0) is 42.0. The van der Waals surface area contributed by atoms with Gasteiger partial charge in [-0.2, -0.15) is 0 Å². The Bertz CT molecular complexity index is 1910. The van der Waals surface area contributed by atoms with E-state index in [0.29, 0.717) is 19.3 Å². The van der Waals surface area contributed by atoms with Gasteiger partial charge < -0.3 is 32.9 Å². The number of carboxylic acids is 1. The Hall–Kier alpha value is -3.72. The van der Waals surface area contributed by atoms with Crippen LogP contribution in [0.5, 0.6) is 0 Å². The molecule has 0 saturated carbocycles. The average molecular weight is 835 g/mol. The van der Waals surface area contributed by atoms with Gasteiger partial charge in [0.05, 0.1) is 30.8 Å². The summed E-state index contributed by atoms with van der Waals surface area (Å²) in [5.41, 5.74) is 0. The lowest BCUT2D eigenvalue weighted by Crippen LogP contribution is -2.73. The molecule has 1 N–H and O–H groups in total. The van der Waals surface area contributed by atoms with Crippen molar-refractivity contribution < 1.29 is 37.7 Å². The first kappa shape index (κ1) is 43.4. The number of rotatable bonds is 14. The van der Waals surface area contributed by atoms with Gasteiger partial charge in [-0.05, 0) is 43.7 Å². The van der Waals surface area contributed by atoms with Crippen molar-refractivity contribution in [3.63, 3.8) is 0 Å². The summed E-state index contributed by atoms with van der Waals surface area (Å²) in [6, 6.07) is 42.5. The Kier molecular flexibility index (Phi) is 13.0. The molecule has 314 valence electrons. The van der Waals surface area contributed by atoms with E-state index in [2.05, 4.69) is 157 Å². The van der Waals surface area contributed by atoms with Gasteiger partial charge in [0, 0.05) is 13.5 Å². The largest absolute Gasteiger partial charge is 0.481 e. The second-order valence-corrected chi connectivity index (χ2v) is 26.9. The number of methoxy groups -OCH3 is 1. The number of hydrogen-bond donors (Lipinski definition) is 1. The first-order valence-corrected chi connectivity index (χ1v) is 25.0. The second-order valence-electron chi connectivity index (χ2n) is 18.4. The highest BCUT2D eigenvalue weighted by Crippen LogP contribution is 2.48. The second kappa shape index (κ2) is 17.7. The first-order chi connectivity index (χ1) is 28.2. The number of fused-ring (bicyclic) bond motifs is 2. The quantitative estimate of drug-likeness (QED) is 0.107. The van der Waals surface area contributed by atoms with Crippen LogP contribution in [0.3, 0.4) is 0 Å². The van der Waals surface area contributed by atoms with Crippen LogP contribution in [0, 0.1) is 0 Å². The lowest BCUT2D eigenvalue weighted by atomic mass is 9.87. The standard InChI is InChI=1S/C49H62O8Si2/c1-9-34(52-8)32-41-44(56-58(48(2,3)4,36-22-14-10-15-23-36)37-24-16-11-17-25-37)45-46(55-41)47(43-40(54-45)31-30-35(53-43)33-42(50)51)57-59(49(5,6)7,38-26-18-12-19-27-38)39-28-20-13-21-29-39/h9-29,34-35,40-41,43-47H,1,30-33H2,2-8H3,(H,50,51)/t34?,35-,40+,41-,43+,44+,45+,46-,47+/m1/s1. The fourth-order valence-electron chi connectivity index (χ4n) is 10.0. The van der Waals surface area contributed by atoms with Gasteiger partial charge in [0.25, 0.3) is 16.6 Å². The van der Waals surface area contributed by atoms with Crippen molar-refractivity contribution in [2.45, 2.75) is 132 Å². The van der Waals surface area contributed by atoms with E-state index in [4.69, 9.17) is 27.8 Å². The monoisotopic (exact) mass is 834 g/mol. The van der Waals surface area contributed by atoms with E-state index in [9.17, 15) is 9.90 Å². The molecule has 9 atom stereocenters. The Balaban J connectivity index is 1.42.